The van der Waals surface area contributed by atoms with E-state index in [2.05, 4.69) is 0 Å². The number of hydrogen-bond acceptors (Lipinski definition) is 5. The van der Waals surface area contributed by atoms with Gasteiger partial charge in [-0.05, 0) is 26.0 Å². The number of hydrogen-bond donors (Lipinski definition) is 1. The van der Waals surface area contributed by atoms with Gasteiger partial charge in [0.15, 0.2) is 6.10 Å². The third kappa shape index (κ3) is 3.03. The molecule has 0 spiro atoms. The van der Waals surface area contributed by atoms with Crippen LogP contribution in [0.4, 0.5) is 5.69 Å². The maximum absolute atomic E-state index is 11.6. The molecule has 18 heavy (non-hydrogen) atoms. The highest BCUT2D eigenvalue weighted by Gasteiger charge is 2.18. The molecule has 1 amide bonds. The van der Waals surface area contributed by atoms with Gasteiger partial charge in [0, 0.05) is 11.6 Å². The smallest absolute Gasteiger partial charge is 0.338 e. The summed E-state index contributed by atoms with van der Waals surface area (Å²) >= 11 is 0. The molecule has 0 aliphatic heterocycles. The summed E-state index contributed by atoms with van der Waals surface area (Å²) in [6.07, 6.45) is -1.05. The van der Waals surface area contributed by atoms with Crippen LogP contribution in [0.5, 0.6) is 0 Å². The fraction of sp³-hybridized carbons (Fsp3) is 0.273. The molecule has 0 radical (unpaired) electrons. The number of primary amides is 1. The predicted octanol–water partition coefficient (Wildman–Crippen LogP) is 0.934. The molecule has 96 valence electrons. The van der Waals surface area contributed by atoms with Crippen LogP contribution in [0, 0.1) is 17.0 Å². The van der Waals surface area contributed by atoms with Gasteiger partial charge in [0.05, 0.1) is 10.5 Å². The predicted molar refractivity (Wildman–Crippen MR) is 61.9 cm³/mol. The molecule has 0 saturated heterocycles. The Morgan fingerprint density at radius 3 is 2.50 bits per heavy atom. The van der Waals surface area contributed by atoms with E-state index in [1.165, 1.54) is 32.0 Å². The van der Waals surface area contributed by atoms with Gasteiger partial charge in [-0.2, -0.15) is 0 Å². The zero-order valence-electron chi connectivity index (χ0n) is 9.88. The van der Waals surface area contributed by atoms with Gasteiger partial charge in [0.2, 0.25) is 0 Å². The molecule has 1 aromatic rings. The normalized spacial score (nSPS) is 11.7. The lowest BCUT2D eigenvalue weighted by Gasteiger charge is -2.09. The number of ether oxygens (including phenoxy) is 1. The largest absolute Gasteiger partial charge is 0.449 e. The van der Waals surface area contributed by atoms with Crippen molar-refractivity contribution in [1.82, 2.24) is 0 Å². The van der Waals surface area contributed by atoms with Gasteiger partial charge in [-0.15, -0.1) is 0 Å². The number of aryl methyl sites for hydroxylation is 1. The van der Waals surface area contributed by atoms with Crippen LogP contribution < -0.4 is 5.73 Å². The third-order valence-electron chi connectivity index (χ3n) is 2.31. The first kappa shape index (κ1) is 13.6. The second-order valence-corrected chi connectivity index (χ2v) is 3.71. The van der Waals surface area contributed by atoms with E-state index in [4.69, 9.17) is 10.5 Å². The first-order chi connectivity index (χ1) is 8.32. The first-order valence-electron chi connectivity index (χ1n) is 5.08. The lowest BCUT2D eigenvalue weighted by molar-refractivity contribution is -0.385. The molecule has 1 aromatic carbocycles. The van der Waals surface area contributed by atoms with Crippen molar-refractivity contribution < 1.29 is 19.2 Å². The van der Waals surface area contributed by atoms with E-state index in [9.17, 15) is 19.7 Å². The summed E-state index contributed by atoms with van der Waals surface area (Å²) in [5, 5.41) is 10.6. The summed E-state index contributed by atoms with van der Waals surface area (Å²) in [6.45, 7) is 2.85. The van der Waals surface area contributed by atoms with Gasteiger partial charge in [0.25, 0.3) is 11.6 Å². The van der Waals surface area contributed by atoms with Crippen LogP contribution in [0.2, 0.25) is 0 Å². The maximum Gasteiger partial charge on any atom is 0.338 e. The molecule has 1 atom stereocenters. The highest BCUT2D eigenvalue weighted by atomic mass is 16.6. The van der Waals surface area contributed by atoms with E-state index in [-0.39, 0.29) is 11.3 Å². The molecule has 0 fully saturated rings. The first-order valence-corrected chi connectivity index (χ1v) is 5.08. The van der Waals surface area contributed by atoms with Gasteiger partial charge in [-0.25, -0.2) is 4.79 Å². The lowest BCUT2D eigenvalue weighted by Crippen LogP contribution is -2.30. The number of rotatable bonds is 4. The molecular formula is C11H12N2O5. The van der Waals surface area contributed by atoms with E-state index in [0.29, 0.717) is 5.56 Å². The van der Waals surface area contributed by atoms with Gasteiger partial charge in [-0.1, -0.05) is 0 Å². The van der Waals surface area contributed by atoms with Crippen molar-refractivity contribution in [2.45, 2.75) is 20.0 Å². The zero-order chi connectivity index (χ0) is 13.9. The molecule has 0 saturated carbocycles. The number of esters is 1. The van der Waals surface area contributed by atoms with Gasteiger partial charge >= 0.3 is 5.97 Å². The summed E-state index contributed by atoms with van der Waals surface area (Å²) in [6, 6.07) is 3.80. The summed E-state index contributed by atoms with van der Waals surface area (Å²) in [7, 11) is 0. The van der Waals surface area contributed by atoms with Crippen molar-refractivity contribution in [3.63, 3.8) is 0 Å². The van der Waals surface area contributed by atoms with E-state index in [1.807, 2.05) is 0 Å². The fourth-order valence-electron chi connectivity index (χ4n) is 1.27. The molecular weight excluding hydrogens is 240 g/mol. The van der Waals surface area contributed by atoms with E-state index in [1.54, 1.807) is 0 Å². The van der Waals surface area contributed by atoms with Crippen LogP contribution in [0.15, 0.2) is 18.2 Å². The lowest BCUT2D eigenvalue weighted by atomic mass is 10.1. The third-order valence-corrected chi connectivity index (χ3v) is 2.31. The van der Waals surface area contributed by atoms with Gasteiger partial charge in [0.1, 0.15) is 0 Å². The highest BCUT2D eigenvalue weighted by molar-refractivity contribution is 5.92. The summed E-state index contributed by atoms with van der Waals surface area (Å²) in [5.74, 6) is -1.51. The Balaban J connectivity index is 2.91. The van der Waals surface area contributed by atoms with Crippen LogP contribution in [-0.4, -0.2) is 22.9 Å². The molecule has 7 nitrogen and oxygen atoms in total. The van der Waals surface area contributed by atoms with Crippen LogP contribution >= 0.6 is 0 Å². The van der Waals surface area contributed by atoms with Crippen molar-refractivity contribution in [1.29, 1.82) is 0 Å². The Labute approximate surface area is 103 Å². The minimum Gasteiger partial charge on any atom is -0.449 e. The Morgan fingerprint density at radius 2 is 2.06 bits per heavy atom. The summed E-state index contributed by atoms with van der Waals surface area (Å²) in [5.41, 5.74) is 5.33. The number of nitrogens with two attached hydrogens (primary N) is 1. The van der Waals surface area contributed by atoms with E-state index < -0.39 is 22.9 Å². The second kappa shape index (κ2) is 5.26. The number of amides is 1. The Morgan fingerprint density at radius 1 is 1.44 bits per heavy atom. The SMILES string of the molecule is Cc1cc(C(=O)OC(C)C(N)=O)ccc1[N+](=O)[O-]. The Bertz CT molecular complexity index is 512. The number of carbonyl (C=O) groups excluding carboxylic acids is 2. The molecule has 0 heterocycles. The molecule has 1 unspecified atom stereocenters. The number of nitro benzene ring substituents is 1. The monoisotopic (exact) mass is 252 g/mol. The topological polar surface area (TPSA) is 113 Å². The molecule has 1 rings (SSSR count). The van der Waals surface area contributed by atoms with Crippen molar-refractivity contribution in [2.75, 3.05) is 0 Å². The van der Waals surface area contributed by atoms with Crippen LogP contribution in [0.1, 0.15) is 22.8 Å². The van der Waals surface area contributed by atoms with Crippen molar-refractivity contribution in [3.05, 3.63) is 39.4 Å². The molecule has 0 bridgehead atoms. The molecule has 0 aliphatic rings. The number of nitro groups is 1. The van der Waals surface area contributed by atoms with Crippen LogP contribution in [-0.2, 0) is 9.53 Å². The van der Waals surface area contributed by atoms with Crippen molar-refractivity contribution in [2.24, 2.45) is 5.73 Å². The quantitative estimate of drug-likeness (QED) is 0.486. The minimum absolute atomic E-state index is 0.0884. The molecule has 7 heteroatoms. The minimum atomic E-state index is -1.05. The fourth-order valence-corrected chi connectivity index (χ4v) is 1.27. The van der Waals surface area contributed by atoms with E-state index >= 15 is 0 Å². The van der Waals surface area contributed by atoms with Gasteiger partial charge < -0.3 is 10.5 Å². The number of nitrogens with zero attached hydrogens (tertiary/aromatic N) is 1. The van der Waals surface area contributed by atoms with E-state index in [0.717, 1.165) is 0 Å². The Hall–Kier alpha value is -2.44. The average molecular weight is 252 g/mol. The zero-order valence-corrected chi connectivity index (χ0v) is 9.88. The van der Waals surface area contributed by atoms with Gasteiger partial charge in [-0.3, -0.25) is 14.9 Å². The van der Waals surface area contributed by atoms with Crippen molar-refractivity contribution >= 4 is 17.6 Å². The Kier molecular flexibility index (Phi) is 3.98. The average Bonchev–Trinajstić information content (AvgIpc) is 2.27. The standard InChI is InChI=1S/C11H12N2O5/c1-6-5-8(3-4-9(6)13(16)17)11(15)18-7(2)10(12)14/h3-5,7H,1-2H3,(H2,12,14). The molecule has 0 aromatic heterocycles. The highest BCUT2D eigenvalue weighted by Crippen LogP contribution is 2.19. The number of carbonyl (C=O) groups is 2. The summed E-state index contributed by atoms with van der Waals surface area (Å²) in [4.78, 5) is 32.4. The summed E-state index contributed by atoms with van der Waals surface area (Å²) < 4.78 is 4.77. The maximum atomic E-state index is 11.6. The molecule has 2 N–H and O–H groups in total. The van der Waals surface area contributed by atoms with Crippen LogP contribution in [0.3, 0.4) is 0 Å². The van der Waals surface area contributed by atoms with Crippen molar-refractivity contribution in [3.8, 4) is 0 Å². The second-order valence-electron chi connectivity index (χ2n) is 3.71. The molecule has 0 aliphatic carbocycles. The van der Waals surface area contributed by atoms with Crippen LogP contribution in [0.25, 0.3) is 0 Å². The number of benzene rings is 1.